The third kappa shape index (κ3) is 2.16. The van der Waals surface area contributed by atoms with Crippen molar-refractivity contribution in [2.24, 2.45) is 0 Å². The van der Waals surface area contributed by atoms with Crippen LogP contribution in [0.2, 0.25) is 0 Å². The second-order valence-corrected chi connectivity index (χ2v) is 4.95. The van der Waals surface area contributed by atoms with Crippen LogP contribution in [0.4, 0.5) is 0 Å². The number of hydrogen-bond acceptors (Lipinski definition) is 4. The van der Waals surface area contributed by atoms with Crippen LogP contribution in [-0.2, 0) is 0 Å². The molecule has 0 aliphatic heterocycles. The van der Waals surface area contributed by atoms with E-state index >= 15 is 0 Å². The highest BCUT2D eigenvalue weighted by atomic mass is 79.9. The Hall–Kier alpha value is -0.780. The summed E-state index contributed by atoms with van der Waals surface area (Å²) in [5.74, 6) is 1.76. The monoisotopic (exact) mass is 301 g/mol. The molecule has 3 nitrogen and oxygen atoms in total. The minimum atomic E-state index is 0.0289. The lowest BCUT2D eigenvalue weighted by Gasteiger charge is -2.13. The smallest absolute Gasteiger partial charge is 0.169 e. The van der Waals surface area contributed by atoms with Crippen molar-refractivity contribution in [2.75, 3.05) is 14.2 Å². The molecule has 2 heterocycles. The molecule has 0 aliphatic carbocycles. The number of ether oxygens (including phenoxy) is 1. The summed E-state index contributed by atoms with van der Waals surface area (Å²) in [4.78, 5) is 1.12. The average molecular weight is 302 g/mol. The summed E-state index contributed by atoms with van der Waals surface area (Å²) >= 11 is 4.95. The zero-order valence-electron chi connectivity index (χ0n) is 8.99. The van der Waals surface area contributed by atoms with E-state index in [9.17, 15) is 0 Å². The van der Waals surface area contributed by atoms with Gasteiger partial charge in [0.25, 0.3) is 0 Å². The highest BCUT2D eigenvalue weighted by Crippen LogP contribution is 2.35. The Morgan fingerprint density at radius 2 is 2.25 bits per heavy atom. The van der Waals surface area contributed by atoms with Gasteiger partial charge < -0.3 is 14.5 Å². The van der Waals surface area contributed by atoms with Crippen LogP contribution in [0.3, 0.4) is 0 Å². The summed E-state index contributed by atoms with van der Waals surface area (Å²) < 4.78 is 11.6. The lowest BCUT2D eigenvalue weighted by molar-refractivity contribution is 0.399. The molecule has 0 saturated carbocycles. The fourth-order valence-electron chi connectivity index (χ4n) is 1.57. The first-order valence-corrected chi connectivity index (χ1v) is 6.47. The Labute approximate surface area is 107 Å². The van der Waals surface area contributed by atoms with Gasteiger partial charge in [-0.05, 0) is 46.6 Å². The first-order valence-electron chi connectivity index (χ1n) is 4.80. The SMILES string of the molecule is CNC(c1ccc(Br)o1)c1sccc1OC. The molecule has 0 bridgehead atoms. The van der Waals surface area contributed by atoms with Crippen molar-refractivity contribution >= 4 is 27.3 Å². The molecule has 5 heteroatoms. The minimum absolute atomic E-state index is 0.0289. The number of rotatable bonds is 4. The van der Waals surface area contributed by atoms with Gasteiger partial charge in [0.05, 0.1) is 12.0 Å². The number of hydrogen-bond donors (Lipinski definition) is 1. The molecule has 0 aromatic carbocycles. The first-order chi connectivity index (χ1) is 7.76. The molecule has 0 fully saturated rings. The molecule has 1 unspecified atom stereocenters. The molecule has 1 N–H and O–H groups in total. The molecule has 0 spiro atoms. The lowest BCUT2D eigenvalue weighted by Crippen LogP contribution is -2.16. The zero-order valence-corrected chi connectivity index (χ0v) is 11.4. The van der Waals surface area contributed by atoms with Gasteiger partial charge in [-0.2, -0.15) is 0 Å². The maximum absolute atomic E-state index is 5.57. The van der Waals surface area contributed by atoms with Crippen molar-refractivity contribution < 1.29 is 9.15 Å². The Morgan fingerprint density at radius 1 is 1.44 bits per heavy atom. The van der Waals surface area contributed by atoms with Crippen molar-refractivity contribution in [1.82, 2.24) is 5.32 Å². The predicted molar refractivity (Wildman–Crippen MR) is 68.2 cm³/mol. The van der Waals surface area contributed by atoms with Gasteiger partial charge in [0.1, 0.15) is 17.6 Å². The van der Waals surface area contributed by atoms with Crippen LogP contribution in [0.1, 0.15) is 16.7 Å². The van der Waals surface area contributed by atoms with E-state index in [1.54, 1.807) is 18.4 Å². The summed E-state index contributed by atoms with van der Waals surface area (Å²) in [5.41, 5.74) is 0. The van der Waals surface area contributed by atoms with Crippen LogP contribution >= 0.6 is 27.3 Å². The third-order valence-corrected chi connectivity index (χ3v) is 3.70. The molecular weight excluding hydrogens is 290 g/mol. The maximum Gasteiger partial charge on any atom is 0.169 e. The van der Waals surface area contributed by atoms with Crippen molar-refractivity contribution in [1.29, 1.82) is 0 Å². The van der Waals surface area contributed by atoms with Gasteiger partial charge in [0.2, 0.25) is 0 Å². The van der Waals surface area contributed by atoms with E-state index in [1.165, 1.54) is 0 Å². The van der Waals surface area contributed by atoms with Crippen LogP contribution < -0.4 is 10.1 Å². The lowest BCUT2D eigenvalue weighted by atomic mass is 10.2. The van der Waals surface area contributed by atoms with Gasteiger partial charge in [0, 0.05) is 0 Å². The summed E-state index contributed by atoms with van der Waals surface area (Å²) in [6.45, 7) is 0. The van der Waals surface area contributed by atoms with E-state index in [1.807, 2.05) is 30.6 Å². The fourth-order valence-corrected chi connectivity index (χ4v) is 2.87. The van der Waals surface area contributed by atoms with Crippen molar-refractivity contribution in [3.05, 3.63) is 38.9 Å². The molecule has 0 amide bonds. The number of halogens is 1. The van der Waals surface area contributed by atoms with E-state index < -0.39 is 0 Å². The Balaban J connectivity index is 2.36. The number of furan rings is 1. The van der Waals surface area contributed by atoms with Crippen LogP contribution in [0.25, 0.3) is 0 Å². The third-order valence-electron chi connectivity index (χ3n) is 2.31. The fraction of sp³-hybridized carbons (Fsp3) is 0.273. The quantitative estimate of drug-likeness (QED) is 0.939. The topological polar surface area (TPSA) is 34.4 Å². The molecule has 16 heavy (non-hydrogen) atoms. The van der Waals surface area contributed by atoms with E-state index in [0.717, 1.165) is 21.1 Å². The predicted octanol–water partition coefficient (Wildman–Crippen LogP) is 3.42. The van der Waals surface area contributed by atoms with Crippen LogP contribution in [0.15, 0.2) is 32.7 Å². The number of thiophene rings is 1. The van der Waals surface area contributed by atoms with Gasteiger partial charge in [-0.15, -0.1) is 11.3 Å². The molecule has 1 atom stereocenters. The number of nitrogens with one attached hydrogen (secondary N) is 1. The van der Waals surface area contributed by atoms with Gasteiger partial charge in [-0.25, -0.2) is 0 Å². The molecular formula is C11H12BrNO2S. The van der Waals surface area contributed by atoms with Crippen LogP contribution in [0, 0.1) is 0 Å². The number of methoxy groups -OCH3 is 1. The largest absolute Gasteiger partial charge is 0.496 e. The van der Waals surface area contributed by atoms with Crippen molar-refractivity contribution in [3.8, 4) is 5.75 Å². The molecule has 0 saturated heterocycles. The normalized spacial score (nSPS) is 12.7. The second kappa shape index (κ2) is 5.03. The summed E-state index contributed by atoms with van der Waals surface area (Å²) in [7, 11) is 3.58. The highest BCUT2D eigenvalue weighted by Gasteiger charge is 2.20. The van der Waals surface area contributed by atoms with Crippen molar-refractivity contribution in [2.45, 2.75) is 6.04 Å². The molecule has 2 aromatic heterocycles. The molecule has 86 valence electrons. The van der Waals surface area contributed by atoms with E-state index in [0.29, 0.717) is 0 Å². The van der Waals surface area contributed by atoms with Gasteiger partial charge in [-0.1, -0.05) is 0 Å². The maximum atomic E-state index is 5.57. The minimum Gasteiger partial charge on any atom is -0.496 e. The van der Waals surface area contributed by atoms with Crippen molar-refractivity contribution in [3.63, 3.8) is 0 Å². The summed E-state index contributed by atoms with van der Waals surface area (Å²) in [5, 5.41) is 5.24. The molecule has 0 radical (unpaired) electrons. The second-order valence-electron chi connectivity index (χ2n) is 3.22. The Kier molecular flexibility index (Phi) is 3.68. The van der Waals surface area contributed by atoms with E-state index in [4.69, 9.17) is 9.15 Å². The average Bonchev–Trinajstić information content (AvgIpc) is 2.89. The Bertz CT molecular complexity index is 466. The molecule has 2 rings (SSSR count). The van der Waals surface area contributed by atoms with Gasteiger partial charge in [0.15, 0.2) is 4.67 Å². The molecule has 0 aliphatic rings. The summed E-state index contributed by atoms with van der Waals surface area (Å²) in [6.07, 6.45) is 0. The Morgan fingerprint density at radius 3 is 2.81 bits per heavy atom. The highest BCUT2D eigenvalue weighted by molar-refractivity contribution is 9.10. The first kappa shape index (κ1) is 11.7. The van der Waals surface area contributed by atoms with E-state index in [2.05, 4.69) is 21.2 Å². The standard InChI is InChI=1S/C11H12BrNO2S/c1-13-10(7-3-4-9(12)15-7)11-8(14-2)5-6-16-11/h3-6,10,13H,1-2H3. The van der Waals surface area contributed by atoms with Crippen LogP contribution in [0.5, 0.6) is 5.75 Å². The van der Waals surface area contributed by atoms with Gasteiger partial charge >= 0.3 is 0 Å². The van der Waals surface area contributed by atoms with E-state index in [-0.39, 0.29) is 6.04 Å². The molecule has 2 aromatic rings. The zero-order chi connectivity index (χ0) is 11.5. The summed E-state index contributed by atoms with van der Waals surface area (Å²) in [6, 6.07) is 5.83. The van der Waals surface area contributed by atoms with Crippen LogP contribution in [-0.4, -0.2) is 14.2 Å². The van der Waals surface area contributed by atoms with Gasteiger partial charge in [-0.3, -0.25) is 0 Å².